The summed E-state index contributed by atoms with van der Waals surface area (Å²) in [5, 5.41) is 0. The maximum Gasteiger partial charge on any atom is 0.139 e. The van der Waals surface area contributed by atoms with Crippen LogP contribution in [0.3, 0.4) is 0 Å². The van der Waals surface area contributed by atoms with Crippen molar-refractivity contribution < 1.29 is 4.79 Å². The molecular formula is C18H26O. The Morgan fingerprint density at radius 1 is 1.21 bits per heavy atom. The van der Waals surface area contributed by atoms with E-state index in [4.69, 9.17) is 0 Å². The topological polar surface area (TPSA) is 17.1 Å². The average Bonchev–Trinajstić information content (AvgIpc) is 2.68. The first-order chi connectivity index (χ1) is 9.16. The van der Waals surface area contributed by atoms with Crippen LogP contribution in [0.5, 0.6) is 0 Å². The molecule has 2 atom stereocenters. The summed E-state index contributed by atoms with van der Waals surface area (Å²) in [4.78, 5) is 12.3. The number of carbonyl (C=O) groups excluding carboxylic acids is 1. The molecule has 1 heteroatoms. The summed E-state index contributed by atoms with van der Waals surface area (Å²) in [6, 6.07) is 10.5. The highest BCUT2D eigenvalue weighted by Gasteiger charge is 2.45. The normalized spacial score (nSPS) is 26.8. The molecule has 2 rings (SSSR count). The molecule has 0 aliphatic heterocycles. The van der Waals surface area contributed by atoms with Gasteiger partial charge in [-0.15, -0.1) is 0 Å². The molecule has 1 nitrogen and oxygen atoms in total. The van der Waals surface area contributed by atoms with Crippen molar-refractivity contribution in [1.82, 2.24) is 0 Å². The highest BCUT2D eigenvalue weighted by molar-refractivity contribution is 5.87. The number of hydrogen-bond donors (Lipinski definition) is 0. The van der Waals surface area contributed by atoms with Crippen molar-refractivity contribution >= 4 is 5.78 Å². The molecular weight excluding hydrogens is 232 g/mol. The zero-order chi connectivity index (χ0) is 13.7. The molecule has 0 N–H and O–H groups in total. The zero-order valence-electron chi connectivity index (χ0n) is 12.3. The van der Waals surface area contributed by atoms with Gasteiger partial charge in [-0.2, -0.15) is 0 Å². The van der Waals surface area contributed by atoms with Crippen molar-refractivity contribution in [2.24, 2.45) is 11.3 Å². The van der Waals surface area contributed by atoms with Gasteiger partial charge in [0.2, 0.25) is 0 Å². The summed E-state index contributed by atoms with van der Waals surface area (Å²) in [5.41, 5.74) is 1.19. The molecule has 0 bridgehead atoms. The first-order valence-electron chi connectivity index (χ1n) is 7.74. The summed E-state index contributed by atoms with van der Waals surface area (Å²) in [6.07, 6.45) is 7.87. The van der Waals surface area contributed by atoms with E-state index < -0.39 is 0 Å². The number of ketones is 1. The third kappa shape index (κ3) is 3.26. The van der Waals surface area contributed by atoms with Gasteiger partial charge in [0.05, 0.1) is 0 Å². The molecule has 0 unspecified atom stereocenters. The fourth-order valence-electron chi connectivity index (χ4n) is 3.50. The van der Waals surface area contributed by atoms with Gasteiger partial charge in [0.15, 0.2) is 0 Å². The molecule has 0 aromatic heterocycles. The number of carbonyl (C=O) groups is 1. The van der Waals surface area contributed by atoms with Crippen LogP contribution in [0, 0.1) is 11.3 Å². The summed E-state index contributed by atoms with van der Waals surface area (Å²) >= 11 is 0. The molecule has 1 aromatic carbocycles. The molecule has 0 radical (unpaired) electrons. The van der Waals surface area contributed by atoms with Crippen LogP contribution in [0.25, 0.3) is 0 Å². The van der Waals surface area contributed by atoms with Crippen molar-refractivity contribution in [1.29, 1.82) is 0 Å². The largest absolute Gasteiger partial charge is 0.299 e. The molecule has 0 amide bonds. The Kier molecular flexibility index (Phi) is 4.79. The number of rotatable bonds is 6. The lowest BCUT2D eigenvalue weighted by molar-refractivity contribution is -0.126. The number of unbranched alkanes of at least 4 members (excludes halogenated alkanes) is 2. The van der Waals surface area contributed by atoms with E-state index in [-0.39, 0.29) is 5.41 Å². The molecule has 1 fully saturated rings. The maximum atomic E-state index is 12.3. The molecule has 1 aromatic rings. The maximum absolute atomic E-state index is 12.3. The van der Waals surface area contributed by atoms with Crippen molar-refractivity contribution in [2.75, 3.05) is 0 Å². The zero-order valence-corrected chi connectivity index (χ0v) is 12.3. The molecule has 104 valence electrons. The van der Waals surface area contributed by atoms with E-state index in [1.54, 1.807) is 0 Å². The van der Waals surface area contributed by atoms with Gasteiger partial charge in [-0.25, -0.2) is 0 Å². The van der Waals surface area contributed by atoms with Gasteiger partial charge in [-0.1, -0.05) is 63.4 Å². The van der Waals surface area contributed by atoms with Crippen LogP contribution in [0.4, 0.5) is 0 Å². The van der Waals surface area contributed by atoms with Crippen LogP contribution in [0.15, 0.2) is 30.3 Å². The van der Waals surface area contributed by atoms with E-state index in [0.717, 1.165) is 19.3 Å². The lowest BCUT2D eigenvalue weighted by Crippen LogP contribution is -2.31. The number of hydrogen-bond acceptors (Lipinski definition) is 1. The van der Waals surface area contributed by atoms with Gasteiger partial charge < -0.3 is 0 Å². The second kappa shape index (κ2) is 6.36. The van der Waals surface area contributed by atoms with Gasteiger partial charge in [0, 0.05) is 11.8 Å². The van der Waals surface area contributed by atoms with E-state index in [9.17, 15) is 4.79 Å². The predicted octanol–water partition coefficient (Wildman–Crippen LogP) is 4.79. The minimum atomic E-state index is -0.116. The second-order valence-corrected chi connectivity index (χ2v) is 6.23. The van der Waals surface area contributed by atoms with E-state index in [1.807, 2.05) is 6.07 Å². The minimum Gasteiger partial charge on any atom is -0.299 e. The first kappa shape index (κ1) is 14.3. The molecule has 1 saturated carbocycles. The van der Waals surface area contributed by atoms with Gasteiger partial charge in [-0.05, 0) is 30.7 Å². The molecule has 0 saturated heterocycles. The Bertz CT molecular complexity index is 409. The van der Waals surface area contributed by atoms with E-state index >= 15 is 0 Å². The van der Waals surface area contributed by atoms with E-state index in [1.165, 1.54) is 31.2 Å². The monoisotopic (exact) mass is 258 g/mol. The van der Waals surface area contributed by atoms with Crippen LogP contribution in [-0.4, -0.2) is 5.78 Å². The van der Waals surface area contributed by atoms with Gasteiger partial charge >= 0.3 is 0 Å². The Hall–Kier alpha value is -1.11. The predicted molar refractivity (Wildman–Crippen MR) is 80.1 cm³/mol. The molecule has 1 aliphatic rings. The molecule has 1 aliphatic carbocycles. The van der Waals surface area contributed by atoms with Crippen LogP contribution < -0.4 is 0 Å². The first-order valence-corrected chi connectivity index (χ1v) is 7.74. The van der Waals surface area contributed by atoms with Crippen LogP contribution in [0.2, 0.25) is 0 Å². The fraction of sp³-hybridized carbons (Fsp3) is 0.611. The summed E-state index contributed by atoms with van der Waals surface area (Å²) in [6.45, 7) is 4.44. The van der Waals surface area contributed by atoms with E-state index in [0.29, 0.717) is 11.7 Å². The Labute approximate surface area is 117 Å². The third-order valence-electron chi connectivity index (χ3n) is 4.83. The van der Waals surface area contributed by atoms with Gasteiger partial charge in [-0.3, -0.25) is 4.79 Å². The molecule has 0 spiro atoms. The summed E-state index contributed by atoms with van der Waals surface area (Å²) in [5.74, 6) is 1.07. The fourth-order valence-corrected chi connectivity index (χ4v) is 3.50. The number of benzene rings is 1. The molecule has 0 heterocycles. The Morgan fingerprint density at radius 2 is 1.95 bits per heavy atom. The third-order valence-corrected chi connectivity index (χ3v) is 4.83. The van der Waals surface area contributed by atoms with Crippen LogP contribution >= 0.6 is 0 Å². The van der Waals surface area contributed by atoms with E-state index in [2.05, 4.69) is 38.1 Å². The van der Waals surface area contributed by atoms with Crippen molar-refractivity contribution in [3.8, 4) is 0 Å². The number of Topliss-reactive ketones (excluding diaryl/α,β-unsaturated/α-hetero) is 1. The highest BCUT2D eigenvalue weighted by atomic mass is 16.1. The highest BCUT2D eigenvalue weighted by Crippen LogP contribution is 2.45. The Balaban J connectivity index is 2.06. The second-order valence-electron chi connectivity index (χ2n) is 6.23. The van der Waals surface area contributed by atoms with Crippen molar-refractivity contribution in [3.05, 3.63) is 35.9 Å². The minimum absolute atomic E-state index is 0.116. The van der Waals surface area contributed by atoms with Crippen LogP contribution in [0.1, 0.15) is 57.9 Å². The summed E-state index contributed by atoms with van der Waals surface area (Å²) in [7, 11) is 0. The van der Waals surface area contributed by atoms with Gasteiger partial charge in [0.1, 0.15) is 5.78 Å². The SMILES string of the molecule is CCCCC[C@@H]1CCC(=O)[C@@]1(C)Cc1ccccc1. The summed E-state index contributed by atoms with van der Waals surface area (Å²) < 4.78 is 0. The van der Waals surface area contributed by atoms with Crippen molar-refractivity contribution in [2.45, 2.75) is 58.8 Å². The molecule has 19 heavy (non-hydrogen) atoms. The smallest absolute Gasteiger partial charge is 0.139 e. The lowest BCUT2D eigenvalue weighted by Gasteiger charge is -2.30. The standard InChI is InChI=1S/C18H26O/c1-3-4-6-11-16-12-13-17(19)18(16,2)14-15-9-7-5-8-10-15/h5,7-10,16H,3-4,6,11-14H2,1-2H3/t16-,18+/m1/s1. The van der Waals surface area contributed by atoms with Crippen molar-refractivity contribution in [3.63, 3.8) is 0 Å². The van der Waals surface area contributed by atoms with Crippen LogP contribution in [-0.2, 0) is 11.2 Å². The average molecular weight is 258 g/mol. The quantitative estimate of drug-likeness (QED) is 0.670. The lowest BCUT2D eigenvalue weighted by atomic mass is 9.72. The Morgan fingerprint density at radius 3 is 2.63 bits per heavy atom. The van der Waals surface area contributed by atoms with Gasteiger partial charge in [0.25, 0.3) is 0 Å².